The number of hydrogen-bond donors (Lipinski definition) is 0. The Kier molecular flexibility index (Phi) is 5.27. The molecule has 0 aliphatic heterocycles. The third-order valence-electron chi connectivity index (χ3n) is 5.07. The van der Waals surface area contributed by atoms with Crippen molar-refractivity contribution in [3.8, 4) is 17.2 Å². The maximum Gasteiger partial charge on any atom is 0.426 e. The molecule has 1 heterocycles. The molecule has 0 saturated carbocycles. The molecule has 6 heteroatoms. The highest BCUT2D eigenvalue weighted by Gasteiger charge is 2.25. The Hall–Kier alpha value is -3.43. The number of halogens is 1. The number of para-hydroxylation sites is 3. The Morgan fingerprint density at radius 2 is 1.42 bits per heavy atom. The Balaban J connectivity index is 1.58. The molecule has 3 nitrogen and oxygen atoms in total. The number of benzene rings is 4. The molecule has 4 aromatic carbocycles. The first-order chi connectivity index (χ1) is 15.2. The van der Waals surface area contributed by atoms with Crippen LogP contribution in [0.5, 0.6) is 5.75 Å². The van der Waals surface area contributed by atoms with Crippen LogP contribution in [0, 0.1) is 5.82 Å². The van der Waals surface area contributed by atoms with Crippen molar-refractivity contribution >= 4 is 43.5 Å². The molecule has 1 unspecified atom stereocenters. The van der Waals surface area contributed by atoms with Crippen LogP contribution < -0.4 is 20.9 Å². The van der Waals surface area contributed by atoms with E-state index >= 15 is 0 Å². The number of fused-ring (bicyclic) bond motifs is 1. The molecule has 0 fully saturated rings. The fraction of sp³-hybridized carbons (Fsp3) is 0. The number of rotatable bonds is 5. The Labute approximate surface area is 182 Å². The summed E-state index contributed by atoms with van der Waals surface area (Å²) in [6.07, 6.45) is 0. The predicted molar refractivity (Wildman–Crippen MR) is 127 cm³/mol. The maximum atomic E-state index is 13.6. The van der Waals surface area contributed by atoms with Gasteiger partial charge in [0, 0.05) is 0 Å². The third-order valence-corrected chi connectivity index (χ3v) is 5.45. The quantitative estimate of drug-likeness (QED) is 0.311. The SMILES string of the molecule is Fc1ccc(B(Oc2ccccc2-c2nc3ccccc3o2)c2ccc(P)cc2)cc1. The summed E-state index contributed by atoms with van der Waals surface area (Å²) in [7, 11) is 2.68. The second kappa shape index (κ2) is 8.37. The standard InChI is InChI=1S/C25H18BFNO2P/c27-19-13-9-17(10-14-19)26(18-11-15-20(31)16-12-18)30-23-7-3-1-5-21(23)25-28-22-6-2-4-8-24(22)29-25/h1-16H,31H2. The monoisotopic (exact) mass is 425 g/mol. The average molecular weight is 425 g/mol. The largest absolute Gasteiger partial charge is 0.551 e. The van der Waals surface area contributed by atoms with Gasteiger partial charge < -0.3 is 9.07 Å². The van der Waals surface area contributed by atoms with Crippen molar-refractivity contribution in [2.75, 3.05) is 0 Å². The average Bonchev–Trinajstić information content (AvgIpc) is 3.23. The Morgan fingerprint density at radius 1 is 0.774 bits per heavy atom. The van der Waals surface area contributed by atoms with Gasteiger partial charge in [-0.3, -0.25) is 0 Å². The Bertz CT molecular complexity index is 1260. The van der Waals surface area contributed by atoms with E-state index in [-0.39, 0.29) is 5.82 Å². The van der Waals surface area contributed by atoms with Crippen molar-refractivity contribution in [1.82, 2.24) is 4.98 Å². The molecule has 150 valence electrons. The second-order valence-corrected chi connectivity index (χ2v) is 7.87. The van der Waals surface area contributed by atoms with Gasteiger partial charge in [0.05, 0.1) is 5.56 Å². The minimum Gasteiger partial charge on any atom is -0.551 e. The summed E-state index contributed by atoms with van der Waals surface area (Å²) in [6.45, 7) is -0.420. The van der Waals surface area contributed by atoms with Crippen molar-refractivity contribution < 1.29 is 13.5 Å². The molecule has 0 amide bonds. The first-order valence-corrected chi connectivity index (χ1v) is 10.5. The van der Waals surface area contributed by atoms with Crippen LogP contribution in [0.2, 0.25) is 0 Å². The molecule has 5 aromatic rings. The van der Waals surface area contributed by atoms with Crippen molar-refractivity contribution in [2.24, 2.45) is 0 Å². The van der Waals surface area contributed by atoms with E-state index < -0.39 is 6.92 Å². The molecule has 1 atom stereocenters. The Morgan fingerprint density at radius 3 is 2.16 bits per heavy atom. The molecule has 0 bridgehead atoms. The molecule has 0 spiro atoms. The molecule has 5 rings (SSSR count). The maximum absolute atomic E-state index is 13.6. The molecule has 0 aliphatic rings. The molecular weight excluding hydrogens is 407 g/mol. The number of aromatic nitrogens is 1. The van der Waals surface area contributed by atoms with Gasteiger partial charge >= 0.3 is 6.92 Å². The smallest absolute Gasteiger partial charge is 0.426 e. The summed E-state index contributed by atoms with van der Waals surface area (Å²) >= 11 is 0. The summed E-state index contributed by atoms with van der Waals surface area (Å²) < 4.78 is 26.0. The molecule has 0 aliphatic carbocycles. The van der Waals surface area contributed by atoms with E-state index in [1.165, 1.54) is 12.1 Å². The molecule has 0 saturated heterocycles. The minimum absolute atomic E-state index is 0.283. The van der Waals surface area contributed by atoms with Crippen molar-refractivity contribution in [2.45, 2.75) is 0 Å². The van der Waals surface area contributed by atoms with E-state index in [1.54, 1.807) is 12.1 Å². The number of hydrogen-bond acceptors (Lipinski definition) is 3. The lowest BCUT2D eigenvalue weighted by Gasteiger charge is -2.18. The van der Waals surface area contributed by atoms with Gasteiger partial charge in [0.25, 0.3) is 0 Å². The molecule has 0 N–H and O–H groups in total. The van der Waals surface area contributed by atoms with E-state index in [0.717, 1.165) is 32.9 Å². The normalized spacial score (nSPS) is 10.9. The zero-order valence-electron chi connectivity index (χ0n) is 16.5. The van der Waals surface area contributed by atoms with Gasteiger partial charge in [-0.1, -0.05) is 60.7 Å². The lowest BCUT2D eigenvalue weighted by Crippen LogP contribution is -2.47. The topological polar surface area (TPSA) is 35.3 Å². The molecule has 31 heavy (non-hydrogen) atoms. The summed E-state index contributed by atoms with van der Waals surface area (Å²) in [5.74, 6) is 0.850. The predicted octanol–water partition coefficient (Wildman–Crippen LogP) is 4.32. The van der Waals surface area contributed by atoms with Crippen LogP contribution >= 0.6 is 9.24 Å². The van der Waals surface area contributed by atoms with Crippen LogP contribution in [0.3, 0.4) is 0 Å². The second-order valence-electron chi connectivity index (χ2n) is 7.20. The van der Waals surface area contributed by atoms with E-state index in [1.807, 2.05) is 72.8 Å². The lowest BCUT2D eigenvalue weighted by molar-refractivity contribution is 0.579. The van der Waals surface area contributed by atoms with Crippen LogP contribution in [0.15, 0.2) is 101 Å². The summed E-state index contributed by atoms with van der Waals surface area (Å²) in [6, 6.07) is 29.7. The number of nitrogens with zero attached hydrogens (tertiary/aromatic N) is 1. The highest BCUT2D eigenvalue weighted by Crippen LogP contribution is 2.31. The zero-order chi connectivity index (χ0) is 21.2. The van der Waals surface area contributed by atoms with E-state index in [2.05, 4.69) is 14.2 Å². The highest BCUT2D eigenvalue weighted by atomic mass is 31.0. The zero-order valence-corrected chi connectivity index (χ0v) is 17.7. The fourth-order valence-corrected chi connectivity index (χ4v) is 3.69. The first kappa shape index (κ1) is 19.5. The van der Waals surface area contributed by atoms with Gasteiger partial charge in [0.2, 0.25) is 5.89 Å². The van der Waals surface area contributed by atoms with Gasteiger partial charge in [-0.15, -0.1) is 9.24 Å². The minimum atomic E-state index is -0.420. The van der Waals surface area contributed by atoms with Crippen molar-refractivity contribution in [3.63, 3.8) is 0 Å². The summed E-state index contributed by atoms with van der Waals surface area (Å²) in [4.78, 5) is 4.62. The van der Waals surface area contributed by atoms with Crippen LogP contribution in [0.25, 0.3) is 22.6 Å². The van der Waals surface area contributed by atoms with Crippen molar-refractivity contribution in [3.05, 3.63) is 103 Å². The molecule has 1 aromatic heterocycles. The van der Waals surface area contributed by atoms with Crippen LogP contribution in [0.1, 0.15) is 0 Å². The highest BCUT2D eigenvalue weighted by molar-refractivity contribution is 7.27. The van der Waals surface area contributed by atoms with Crippen LogP contribution in [-0.4, -0.2) is 11.9 Å². The lowest BCUT2D eigenvalue weighted by atomic mass is 9.55. The summed E-state index contributed by atoms with van der Waals surface area (Å²) in [5.41, 5.74) is 4.08. The van der Waals surface area contributed by atoms with Gasteiger partial charge in [-0.2, -0.15) is 0 Å². The summed E-state index contributed by atoms with van der Waals surface area (Å²) in [5, 5.41) is 1.08. The molecular formula is C25H18BFNO2P. The van der Waals surface area contributed by atoms with Gasteiger partial charge in [0.15, 0.2) is 5.58 Å². The van der Waals surface area contributed by atoms with E-state index in [0.29, 0.717) is 11.6 Å². The van der Waals surface area contributed by atoms with E-state index in [9.17, 15) is 4.39 Å². The van der Waals surface area contributed by atoms with Gasteiger partial charge in [0.1, 0.15) is 17.1 Å². The van der Waals surface area contributed by atoms with Crippen LogP contribution in [-0.2, 0) is 0 Å². The third kappa shape index (κ3) is 4.10. The van der Waals surface area contributed by atoms with Crippen molar-refractivity contribution in [1.29, 1.82) is 0 Å². The van der Waals surface area contributed by atoms with Gasteiger partial charge in [-0.05, 0) is 52.6 Å². The molecule has 0 radical (unpaired) electrons. The van der Waals surface area contributed by atoms with Gasteiger partial charge in [-0.25, -0.2) is 9.37 Å². The van der Waals surface area contributed by atoms with E-state index in [4.69, 9.17) is 9.07 Å². The first-order valence-electron chi connectivity index (χ1n) is 9.90. The fourth-order valence-electron chi connectivity index (χ4n) is 3.50. The number of oxazole rings is 1. The van der Waals surface area contributed by atoms with Crippen LogP contribution in [0.4, 0.5) is 4.39 Å².